The van der Waals surface area contributed by atoms with Gasteiger partial charge in [-0.05, 0) is 95.4 Å². The third-order valence-corrected chi connectivity index (χ3v) is 7.70. The average Bonchev–Trinajstić information content (AvgIpc) is 2.92. The first-order valence-electron chi connectivity index (χ1n) is 14.9. The molecule has 7 nitrogen and oxygen atoms in total. The molecule has 0 aliphatic rings. The number of carbonyl (C=O) groups excluding carboxylic acids is 3. The summed E-state index contributed by atoms with van der Waals surface area (Å²) in [5, 5.41) is 5.94. The van der Waals surface area contributed by atoms with Crippen LogP contribution >= 0.6 is 11.8 Å². The molecular formula is C34H51N3O4S. The molecule has 0 radical (unpaired) electrons. The highest BCUT2D eigenvalue weighted by molar-refractivity contribution is 7.98. The van der Waals surface area contributed by atoms with Crippen LogP contribution < -0.4 is 10.6 Å². The van der Waals surface area contributed by atoms with Gasteiger partial charge in [-0.1, -0.05) is 67.9 Å². The SMILES string of the molecule is CSCCC(NC(=O)OC(C)(C)C)C(=O)N(C(C)CCC(C)C)C(C(=O)NCc1ccccc1)c1cc(C)ccc1C. The molecule has 0 bridgehead atoms. The lowest BCUT2D eigenvalue weighted by atomic mass is 9.93. The number of rotatable bonds is 14. The predicted molar refractivity (Wildman–Crippen MR) is 173 cm³/mol. The van der Waals surface area contributed by atoms with Gasteiger partial charge in [-0.2, -0.15) is 11.8 Å². The van der Waals surface area contributed by atoms with Crippen molar-refractivity contribution >= 4 is 29.7 Å². The highest BCUT2D eigenvalue weighted by atomic mass is 32.2. The molecule has 0 saturated heterocycles. The van der Waals surface area contributed by atoms with Crippen molar-refractivity contribution in [3.63, 3.8) is 0 Å². The van der Waals surface area contributed by atoms with Crippen LogP contribution in [0.2, 0.25) is 0 Å². The van der Waals surface area contributed by atoms with Crippen LogP contribution in [-0.2, 0) is 20.9 Å². The number of hydrogen-bond donors (Lipinski definition) is 2. The molecule has 232 valence electrons. The minimum Gasteiger partial charge on any atom is -0.444 e. The first-order chi connectivity index (χ1) is 19.7. The molecule has 0 saturated carbocycles. The Hall–Kier alpha value is -3.00. The number of nitrogens with one attached hydrogen (secondary N) is 2. The highest BCUT2D eigenvalue weighted by Gasteiger charge is 2.39. The normalized spacial score (nSPS) is 13.7. The molecule has 8 heteroatoms. The first kappa shape index (κ1) is 35.2. The van der Waals surface area contributed by atoms with E-state index < -0.39 is 23.8 Å². The number of ether oxygens (including phenoxy) is 1. The fourth-order valence-electron chi connectivity index (χ4n) is 4.79. The Bertz CT molecular complexity index is 1160. The van der Waals surface area contributed by atoms with Gasteiger partial charge in [-0.25, -0.2) is 4.79 Å². The van der Waals surface area contributed by atoms with Gasteiger partial charge in [-0.3, -0.25) is 9.59 Å². The summed E-state index contributed by atoms with van der Waals surface area (Å²) >= 11 is 1.60. The van der Waals surface area contributed by atoms with Gasteiger partial charge < -0.3 is 20.3 Å². The second-order valence-electron chi connectivity index (χ2n) is 12.5. The van der Waals surface area contributed by atoms with E-state index >= 15 is 0 Å². The number of carbonyl (C=O) groups is 3. The van der Waals surface area contributed by atoms with Gasteiger partial charge in [0.1, 0.15) is 17.7 Å². The predicted octanol–water partition coefficient (Wildman–Crippen LogP) is 6.96. The van der Waals surface area contributed by atoms with Crippen molar-refractivity contribution < 1.29 is 19.1 Å². The molecule has 2 rings (SSSR count). The number of amides is 3. The zero-order chi connectivity index (χ0) is 31.4. The summed E-state index contributed by atoms with van der Waals surface area (Å²) in [5.41, 5.74) is 2.98. The van der Waals surface area contributed by atoms with Gasteiger partial charge >= 0.3 is 6.09 Å². The Morgan fingerprint density at radius 1 is 0.952 bits per heavy atom. The lowest BCUT2D eigenvalue weighted by molar-refractivity contribution is -0.145. The summed E-state index contributed by atoms with van der Waals surface area (Å²) in [7, 11) is 0. The second-order valence-corrected chi connectivity index (χ2v) is 13.5. The Morgan fingerprint density at radius 2 is 1.62 bits per heavy atom. The number of nitrogens with zero attached hydrogens (tertiary/aromatic N) is 1. The lowest BCUT2D eigenvalue weighted by Crippen LogP contribution is -2.55. The van der Waals surface area contributed by atoms with Crippen LogP contribution in [0.5, 0.6) is 0 Å². The monoisotopic (exact) mass is 597 g/mol. The average molecular weight is 598 g/mol. The molecule has 42 heavy (non-hydrogen) atoms. The van der Waals surface area contributed by atoms with Gasteiger partial charge in [0.25, 0.3) is 0 Å². The molecule has 2 aromatic rings. The largest absolute Gasteiger partial charge is 0.444 e. The fraction of sp³-hybridized carbons (Fsp3) is 0.559. The molecular weight excluding hydrogens is 546 g/mol. The number of thioether (sulfide) groups is 1. The zero-order valence-corrected chi connectivity index (χ0v) is 27.8. The van der Waals surface area contributed by atoms with E-state index in [4.69, 9.17) is 4.74 Å². The summed E-state index contributed by atoms with van der Waals surface area (Å²) in [6.45, 7) is 16.0. The number of aryl methyl sites for hydroxylation is 2. The van der Waals surface area contributed by atoms with Crippen LogP contribution in [-0.4, -0.2) is 52.5 Å². The standard InChI is InChI=1S/C34H51N3O4S/c1-23(2)15-18-26(5)37(32(39)29(19-20-42-9)36-33(40)41-34(6,7)8)30(28-21-24(3)16-17-25(28)4)31(38)35-22-27-13-11-10-12-14-27/h10-14,16-17,21,23,26,29-30H,15,18-20,22H2,1-9H3,(H,35,38)(H,36,40). The minimum atomic E-state index is -0.875. The van der Waals surface area contributed by atoms with Crippen LogP contribution in [0.4, 0.5) is 4.79 Å². The van der Waals surface area contributed by atoms with Gasteiger partial charge in [0, 0.05) is 12.6 Å². The van der Waals surface area contributed by atoms with E-state index in [0.717, 1.165) is 35.1 Å². The molecule has 0 aliphatic carbocycles. The maximum Gasteiger partial charge on any atom is 0.408 e. The van der Waals surface area contributed by atoms with E-state index in [1.165, 1.54) is 0 Å². The topological polar surface area (TPSA) is 87.7 Å². The molecule has 3 atom stereocenters. The van der Waals surface area contributed by atoms with E-state index in [9.17, 15) is 14.4 Å². The van der Waals surface area contributed by atoms with Crippen LogP contribution in [0.15, 0.2) is 48.5 Å². The summed E-state index contributed by atoms with van der Waals surface area (Å²) in [4.78, 5) is 43.4. The Labute approximate surface area is 257 Å². The van der Waals surface area contributed by atoms with Crippen molar-refractivity contribution in [1.82, 2.24) is 15.5 Å². The fourth-order valence-corrected chi connectivity index (χ4v) is 5.26. The molecule has 2 aromatic carbocycles. The number of hydrogen-bond acceptors (Lipinski definition) is 5. The van der Waals surface area contributed by atoms with Crippen LogP contribution in [0, 0.1) is 19.8 Å². The maximum atomic E-state index is 14.6. The summed E-state index contributed by atoms with van der Waals surface area (Å²) in [6.07, 6.45) is 3.35. The molecule has 3 unspecified atom stereocenters. The van der Waals surface area contributed by atoms with E-state index in [1.807, 2.05) is 75.6 Å². The molecule has 0 spiro atoms. The Kier molecular flexibility index (Phi) is 13.9. The van der Waals surface area contributed by atoms with Crippen LogP contribution in [0.3, 0.4) is 0 Å². The summed E-state index contributed by atoms with van der Waals surface area (Å²) < 4.78 is 5.53. The molecule has 2 N–H and O–H groups in total. The third-order valence-electron chi connectivity index (χ3n) is 7.06. The van der Waals surface area contributed by atoms with Crippen molar-refractivity contribution in [2.24, 2.45) is 5.92 Å². The third kappa shape index (κ3) is 11.3. The maximum absolute atomic E-state index is 14.6. The summed E-state index contributed by atoms with van der Waals surface area (Å²) in [6, 6.07) is 13.8. The van der Waals surface area contributed by atoms with Gasteiger partial charge in [0.15, 0.2) is 0 Å². The van der Waals surface area contributed by atoms with E-state index in [2.05, 4.69) is 24.5 Å². The van der Waals surface area contributed by atoms with Crippen molar-refractivity contribution in [3.8, 4) is 0 Å². The van der Waals surface area contributed by atoms with E-state index in [0.29, 0.717) is 24.6 Å². The van der Waals surface area contributed by atoms with E-state index in [-0.39, 0.29) is 17.9 Å². The quantitative estimate of drug-likeness (QED) is 0.246. The van der Waals surface area contributed by atoms with Crippen molar-refractivity contribution in [1.29, 1.82) is 0 Å². The minimum absolute atomic E-state index is 0.252. The molecule has 0 aromatic heterocycles. The van der Waals surface area contributed by atoms with Crippen molar-refractivity contribution in [2.75, 3.05) is 12.0 Å². The summed E-state index contributed by atoms with van der Waals surface area (Å²) in [5.74, 6) is 0.558. The van der Waals surface area contributed by atoms with Crippen molar-refractivity contribution in [3.05, 3.63) is 70.8 Å². The lowest BCUT2D eigenvalue weighted by Gasteiger charge is -2.39. The molecule has 0 heterocycles. The van der Waals surface area contributed by atoms with Crippen molar-refractivity contribution in [2.45, 2.75) is 105 Å². The van der Waals surface area contributed by atoms with Crippen LogP contribution in [0.1, 0.15) is 89.1 Å². The number of benzene rings is 2. The second kappa shape index (κ2) is 16.6. The molecule has 0 aliphatic heterocycles. The van der Waals surface area contributed by atoms with Gasteiger partial charge in [-0.15, -0.1) is 0 Å². The van der Waals surface area contributed by atoms with Gasteiger partial charge in [0.2, 0.25) is 11.8 Å². The highest BCUT2D eigenvalue weighted by Crippen LogP contribution is 2.31. The first-order valence-corrected chi connectivity index (χ1v) is 16.3. The zero-order valence-electron chi connectivity index (χ0n) is 27.0. The van der Waals surface area contributed by atoms with E-state index in [1.54, 1.807) is 37.4 Å². The molecule has 0 fully saturated rings. The Balaban J connectivity index is 2.60. The smallest absolute Gasteiger partial charge is 0.408 e. The molecule has 3 amide bonds. The number of alkyl carbamates (subject to hydrolysis) is 1. The Morgan fingerprint density at radius 3 is 2.21 bits per heavy atom. The van der Waals surface area contributed by atoms with Crippen LogP contribution in [0.25, 0.3) is 0 Å². The van der Waals surface area contributed by atoms with Gasteiger partial charge in [0.05, 0.1) is 0 Å².